The van der Waals surface area contributed by atoms with Crippen LogP contribution in [0.25, 0.3) is 0 Å². The van der Waals surface area contributed by atoms with Crippen molar-refractivity contribution in [3.63, 3.8) is 0 Å². The van der Waals surface area contributed by atoms with E-state index in [2.05, 4.69) is 303 Å². The van der Waals surface area contributed by atoms with Gasteiger partial charge in [0.2, 0.25) is 0 Å². The van der Waals surface area contributed by atoms with Gasteiger partial charge in [-0.25, -0.2) is 9.37 Å². The van der Waals surface area contributed by atoms with Gasteiger partial charge in [0.05, 0.1) is 23.4 Å². The van der Waals surface area contributed by atoms with E-state index in [1.165, 1.54) is 154 Å². The molecule has 1 unspecified atom stereocenters. The highest BCUT2D eigenvalue weighted by Gasteiger charge is 2.43. The van der Waals surface area contributed by atoms with Crippen molar-refractivity contribution in [1.29, 1.82) is 0 Å². The lowest BCUT2D eigenvalue weighted by atomic mass is 9.76. The van der Waals surface area contributed by atoms with E-state index in [1.54, 1.807) is 44.4 Å². The largest absolute Gasteiger partial charge is 0.480 e. The standard InChI is InChI=1S/C13H20FN.C10H18N2S.C10H21NO.C10H20.C9H21NO.C8H19NO.2C8H19N.C8H18.C7H15NO2.2C7H17N.C6H13N.2C5H11N/c1-13(2,3)9-12(15)8-10-4-6-11(14)7-5-10;1-10(2,3)5-8(11)4-9-6-13-7-12-9;1-9(2,3)8-10(11)4-6-12-7-5-10;1-5-10(6-7-10)8-9(2,3)4;1-8(2,3)6-7(10)9(4,5)11;1-8(2,3)5-7(9)6-10-4;1-7(2,3)6-8(4,5)9;1-8(2,3)6-4-5-7-9;1-5-6-7-8(2,3)4;1-7(2,3)4-5(8)6(9)10;2*1-7(2,3)5-4-6-8;1-6-3-2-4-7-5-6;2*1-5-2-3-6-4-5/h4-7,12H,8-9,15H2,1-3H3;6-8H,4-5,11H2,1-3H3;4-8,11H2,1-3H3;5-8H2,1-4H3;7,11H,6,10H2,1-5H3;7H,5-6,9H2,1-4H3;6,9H2,1-5H3;4-7,9H2,1-3H3;5-7H2,1-4H3;5H,4,8H2,1-3H3,(H,9,10);2*4-6,8H2,1-3H3;6-7H,2-5H2,1H3;2*5-6H,2-4H2,1H3/t12-;8-;;;2*7-;;;;;;;6-;2*5-/m00..11......110/s1. The molecule has 0 radical (unpaired) electrons. The van der Waals surface area contributed by atoms with Crippen LogP contribution in [0.2, 0.25) is 0 Å². The molecule has 4 aliphatic heterocycles. The molecule has 7 rings (SSSR count). The first-order valence-electron chi connectivity index (χ1n) is 56.0. The highest BCUT2D eigenvalue weighted by molar-refractivity contribution is 7.07. The Kier molecular flexibility index (Phi) is 84.9. The number of nitrogens with one attached hydrogen (secondary N) is 3. The van der Waals surface area contributed by atoms with Crippen LogP contribution >= 0.6 is 11.3 Å². The first kappa shape index (κ1) is 155. The number of nitrogens with two attached hydrogens (primary N) is 10. The van der Waals surface area contributed by atoms with E-state index in [4.69, 9.17) is 71.9 Å². The Hall–Kier alpha value is -2.39. The average molecular weight is 2040 g/mol. The van der Waals surface area contributed by atoms with Gasteiger partial charge in [0.1, 0.15) is 11.9 Å². The number of thiazole rings is 1. The van der Waals surface area contributed by atoms with Crippen LogP contribution in [0.15, 0.2) is 35.2 Å². The normalized spacial score (nSPS) is 18.1. The summed E-state index contributed by atoms with van der Waals surface area (Å²) in [5.74, 6) is 1.68. The minimum absolute atomic E-state index is 0.00218. The molecular weight excluding hydrogens is 1780 g/mol. The summed E-state index contributed by atoms with van der Waals surface area (Å²) < 4.78 is 22.9. The predicted octanol–water partition coefficient (Wildman–Crippen LogP) is 28.2. The Morgan fingerprint density at radius 2 is 0.845 bits per heavy atom. The van der Waals surface area contributed by atoms with E-state index >= 15 is 0 Å². The smallest absolute Gasteiger partial charge is 0.320 e. The van der Waals surface area contributed by atoms with Gasteiger partial charge in [0, 0.05) is 67.4 Å². The summed E-state index contributed by atoms with van der Waals surface area (Å²) in [5.41, 5.74) is 65.4. The van der Waals surface area contributed by atoms with Crippen molar-refractivity contribution in [2.45, 2.75) is 545 Å². The van der Waals surface area contributed by atoms with Gasteiger partial charge in [-0.2, -0.15) is 0 Å². The van der Waals surface area contributed by atoms with E-state index in [9.17, 15) is 14.3 Å². The summed E-state index contributed by atoms with van der Waals surface area (Å²) in [5, 5.41) is 29.9. The second kappa shape index (κ2) is 77.9. The Morgan fingerprint density at radius 1 is 0.479 bits per heavy atom. The second-order valence-electron chi connectivity index (χ2n) is 58.8. The lowest BCUT2D eigenvalue weighted by molar-refractivity contribution is -0.139. The molecule has 5 aliphatic rings. The minimum Gasteiger partial charge on any atom is -0.480 e. The van der Waals surface area contributed by atoms with Gasteiger partial charge in [-0.05, 0) is 347 Å². The van der Waals surface area contributed by atoms with Crippen molar-refractivity contribution in [2.75, 3.05) is 85.8 Å². The molecule has 142 heavy (non-hydrogen) atoms. The number of hydrogen-bond donors (Lipinski definition) is 15. The van der Waals surface area contributed by atoms with Gasteiger partial charge in [-0.1, -0.05) is 322 Å². The highest BCUT2D eigenvalue weighted by Crippen LogP contribution is 2.55. The van der Waals surface area contributed by atoms with Crippen molar-refractivity contribution < 1.29 is 28.9 Å². The van der Waals surface area contributed by atoms with E-state index in [0.29, 0.717) is 61.8 Å². The molecule has 1 aliphatic carbocycles. The summed E-state index contributed by atoms with van der Waals surface area (Å²) in [6.45, 7) is 111. The molecule has 1 aromatic carbocycles. The average Bonchev–Trinajstić information content (AvgIpc) is 1.65. The molecule has 2 aromatic rings. The van der Waals surface area contributed by atoms with Crippen LogP contribution in [0.5, 0.6) is 0 Å². The number of rotatable bonds is 26. The van der Waals surface area contributed by atoms with E-state index in [1.807, 2.05) is 26.3 Å². The van der Waals surface area contributed by atoms with Crippen LogP contribution in [-0.4, -0.2) is 154 Å². The van der Waals surface area contributed by atoms with Crippen LogP contribution in [0.3, 0.4) is 0 Å². The number of methoxy groups -OCH3 is 1. The van der Waals surface area contributed by atoms with Crippen molar-refractivity contribution in [3.8, 4) is 0 Å². The van der Waals surface area contributed by atoms with Crippen molar-refractivity contribution in [3.05, 3.63) is 52.2 Å². The number of carboxylic acids is 1. The molecule has 4 saturated heterocycles. The number of aliphatic hydroxyl groups is 1. The Bertz CT molecular complexity index is 3050. The molecule has 0 amide bonds. The number of benzene rings is 1. The number of carboxylic acid groups (broad SMARTS) is 1. The number of nitrogens with zero attached hydrogens (tertiary/aromatic N) is 1. The summed E-state index contributed by atoms with van der Waals surface area (Å²) in [6.07, 6.45) is 34.3. The molecule has 25 N–H and O–H groups in total. The maximum Gasteiger partial charge on any atom is 0.320 e. The van der Waals surface area contributed by atoms with Gasteiger partial charge < -0.3 is 93.0 Å². The van der Waals surface area contributed by atoms with Gasteiger partial charge >= 0.3 is 5.97 Å². The fourth-order valence-corrected chi connectivity index (χ4v) is 17.3. The molecule has 0 bridgehead atoms. The van der Waals surface area contributed by atoms with Gasteiger partial charge in [-0.15, -0.1) is 11.3 Å². The quantitative estimate of drug-likeness (QED) is 0.0389. The molecule has 856 valence electrons. The second-order valence-corrected chi connectivity index (χ2v) is 59.6. The SMILES string of the molecule is CC(C)(C)CC(C)(C)N.CC(C)(C)CC(N)C(=O)O.CC(C)(C)CC1(N)CCOCC1.CC(C)(C)CCCCN.CC(C)(C)CCCN.CC(C)(C)CCCN.CC(C)(C)C[C@@H](N)C(C)(C)O.CC(C)(C)C[C@@H](N)Cc1ccc(F)cc1.CC(C)(C)C[C@@H](N)Cc1cscn1.CCC1(CC(C)(C)C)CC1.CCCCC(C)(C)C.COC[C@H](N)CC(C)(C)C.C[C@@H]1CCCNC1.C[C@@H]1CCNC1.C[C@H]1CCNC1. The topological polar surface area (TPSA) is 385 Å². The Labute approximate surface area is 889 Å². The van der Waals surface area contributed by atoms with Crippen LogP contribution in [-0.2, 0) is 27.1 Å². The Morgan fingerprint density at radius 3 is 1.06 bits per heavy atom. The third-order valence-electron chi connectivity index (χ3n) is 23.3. The monoisotopic (exact) mass is 2040 g/mol. The molecule has 5 fully saturated rings. The minimum atomic E-state index is -0.921. The van der Waals surface area contributed by atoms with Gasteiger partial charge in [0.25, 0.3) is 0 Å². The van der Waals surface area contributed by atoms with Crippen LogP contribution in [0, 0.1) is 94.0 Å². The number of ether oxygens (including phenoxy) is 2. The van der Waals surface area contributed by atoms with Crippen LogP contribution in [0.1, 0.15) is 496 Å². The number of unbranched alkanes of at least 4 members (excludes halogenated alkanes) is 2. The van der Waals surface area contributed by atoms with Crippen molar-refractivity contribution in [1.82, 2.24) is 20.9 Å². The lowest BCUT2D eigenvalue weighted by Gasteiger charge is -2.38. The molecule has 21 heteroatoms. The van der Waals surface area contributed by atoms with Gasteiger partial charge in [0.15, 0.2) is 0 Å². The maximum absolute atomic E-state index is 12.7. The summed E-state index contributed by atoms with van der Waals surface area (Å²) in [7, 11) is 1.68. The first-order valence-corrected chi connectivity index (χ1v) is 56.9. The fourth-order valence-electron chi connectivity index (χ4n) is 16.7. The van der Waals surface area contributed by atoms with Crippen LogP contribution < -0.4 is 73.3 Å². The summed E-state index contributed by atoms with van der Waals surface area (Å²) in [4.78, 5) is 14.5. The molecule has 19 nitrogen and oxygen atoms in total. The maximum atomic E-state index is 12.7. The highest BCUT2D eigenvalue weighted by atomic mass is 32.1. The van der Waals surface area contributed by atoms with Crippen molar-refractivity contribution >= 4 is 17.3 Å². The third-order valence-corrected chi connectivity index (χ3v) is 23.9. The summed E-state index contributed by atoms with van der Waals surface area (Å²) >= 11 is 1.63. The molecule has 8 atom stereocenters. The molecular formula is C121H259FN14O5S. The number of hydrogen-bond acceptors (Lipinski definition) is 19. The number of carbonyl (C=O) groups is 1. The van der Waals surface area contributed by atoms with E-state index in [0.717, 1.165) is 144 Å². The number of halogens is 1. The van der Waals surface area contributed by atoms with Crippen molar-refractivity contribution in [2.24, 2.45) is 145 Å². The first-order chi connectivity index (χ1) is 63.8. The van der Waals surface area contributed by atoms with Crippen LogP contribution in [0.4, 0.5) is 4.39 Å². The zero-order valence-electron chi connectivity index (χ0n) is 104. The molecule has 5 heterocycles. The van der Waals surface area contributed by atoms with E-state index < -0.39 is 17.6 Å². The zero-order valence-corrected chi connectivity index (χ0v) is 105. The number of aliphatic carboxylic acids is 1. The third kappa shape index (κ3) is 132. The van der Waals surface area contributed by atoms with Gasteiger partial charge in [-0.3, -0.25) is 4.79 Å². The fraction of sp³-hybridized carbons (Fsp3) is 0.917. The summed E-state index contributed by atoms with van der Waals surface area (Å²) in [6, 6.07) is 6.29. The molecule has 1 saturated carbocycles. The molecule has 0 spiro atoms. The predicted molar refractivity (Wildman–Crippen MR) is 633 cm³/mol. The number of aromatic nitrogens is 1. The number of piperidine rings is 1. The van der Waals surface area contributed by atoms with E-state index in [-0.39, 0.29) is 57.3 Å². The molecule has 1 aromatic heterocycles. The lowest BCUT2D eigenvalue weighted by Crippen LogP contribution is -2.47. The Balaban J connectivity index is -0.000000227. The zero-order chi connectivity index (χ0) is 113.